The van der Waals surface area contributed by atoms with Crippen LogP contribution in [0.4, 0.5) is 5.82 Å². The minimum Gasteiger partial charge on any atom is -0.493 e. The molecule has 0 saturated heterocycles. The van der Waals surface area contributed by atoms with Crippen molar-refractivity contribution >= 4 is 5.82 Å². The molecule has 0 radical (unpaired) electrons. The summed E-state index contributed by atoms with van der Waals surface area (Å²) in [6.07, 6.45) is 2.73. The second-order valence-electron chi connectivity index (χ2n) is 4.11. The molecule has 0 atom stereocenters. The van der Waals surface area contributed by atoms with Crippen molar-refractivity contribution in [1.82, 2.24) is 4.98 Å². The predicted octanol–water partition coefficient (Wildman–Crippen LogP) is 3.27. The number of nitrogens with one attached hydrogen (secondary N) is 1. The molecular formula is C15H18N2O. The van der Waals surface area contributed by atoms with Crippen LogP contribution in [0.25, 0.3) is 0 Å². The van der Waals surface area contributed by atoms with Crippen LogP contribution in [0.3, 0.4) is 0 Å². The number of nitrogens with zero attached hydrogens (tertiary/aromatic N) is 1. The van der Waals surface area contributed by atoms with Gasteiger partial charge in [0.25, 0.3) is 0 Å². The maximum absolute atomic E-state index is 5.71. The van der Waals surface area contributed by atoms with Crippen molar-refractivity contribution in [2.24, 2.45) is 0 Å². The van der Waals surface area contributed by atoms with E-state index in [9.17, 15) is 0 Å². The Morgan fingerprint density at radius 1 is 1.11 bits per heavy atom. The number of pyridine rings is 1. The summed E-state index contributed by atoms with van der Waals surface area (Å²) in [5.74, 6) is 1.88. The van der Waals surface area contributed by atoms with Crippen molar-refractivity contribution < 1.29 is 4.74 Å². The summed E-state index contributed by atoms with van der Waals surface area (Å²) in [6.45, 7) is 3.63. The zero-order valence-electron chi connectivity index (χ0n) is 10.6. The van der Waals surface area contributed by atoms with E-state index in [0.29, 0.717) is 6.61 Å². The molecule has 94 valence electrons. The number of benzene rings is 1. The van der Waals surface area contributed by atoms with Gasteiger partial charge in [0.2, 0.25) is 0 Å². The number of anilines is 1. The second-order valence-corrected chi connectivity index (χ2v) is 4.11. The van der Waals surface area contributed by atoms with Crippen LogP contribution in [0.2, 0.25) is 0 Å². The number of ether oxygens (including phenoxy) is 1. The fourth-order valence-corrected chi connectivity index (χ4v) is 1.66. The minimum absolute atomic E-state index is 0.713. The van der Waals surface area contributed by atoms with E-state index < -0.39 is 0 Å². The Balaban J connectivity index is 1.66. The van der Waals surface area contributed by atoms with Crippen LogP contribution in [0.15, 0.2) is 48.7 Å². The molecule has 1 aromatic carbocycles. The molecule has 0 aliphatic heterocycles. The van der Waals surface area contributed by atoms with Gasteiger partial charge in [0.15, 0.2) is 0 Å². The first kappa shape index (κ1) is 12.4. The molecule has 0 aliphatic carbocycles. The van der Waals surface area contributed by atoms with Gasteiger partial charge in [0, 0.05) is 12.7 Å². The van der Waals surface area contributed by atoms with Crippen molar-refractivity contribution in [3.8, 4) is 5.75 Å². The summed E-state index contributed by atoms with van der Waals surface area (Å²) in [4.78, 5) is 4.20. The summed E-state index contributed by atoms with van der Waals surface area (Å²) < 4.78 is 5.71. The highest BCUT2D eigenvalue weighted by atomic mass is 16.5. The maximum atomic E-state index is 5.71. The number of hydrogen-bond acceptors (Lipinski definition) is 3. The predicted molar refractivity (Wildman–Crippen MR) is 74.0 cm³/mol. The lowest BCUT2D eigenvalue weighted by Crippen LogP contribution is -2.08. The van der Waals surface area contributed by atoms with E-state index in [2.05, 4.69) is 23.3 Å². The molecule has 0 amide bonds. The van der Waals surface area contributed by atoms with Crippen LogP contribution < -0.4 is 10.1 Å². The van der Waals surface area contributed by atoms with E-state index in [1.54, 1.807) is 6.20 Å². The van der Waals surface area contributed by atoms with E-state index in [1.165, 1.54) is 5.56 Å². The third kappa shape index (κ3) is 3.77. The van der Waals surface area contributed by atoms with Crippen molar-refractivity contribution in [3.05, 3.63) is 54.2 Å². The van der Waals surface area contributed by atoms with E-state index in [1.807, 2.05) is 36.4 Å². The topological polar surface area (TPSA) is 34.1 Å². The van der Waals surface area contributed by atoms with Gasteiger partial charge in [-0.3, -0.25) is 0 Å². The fourth-order valence-electron chi connectivity index (χ4n) is 1.66. The van der Waals surface area contributed by atoms with Gasteiger partial charge in [0.05, 0.1) is 6.61 Å². The van der Waals surface area contributed by atoms with E-state index in [4.69, 9.17) is 4.74 Å². The van der Waals surface area contributed by atoms with E-state index in [-0.39, 0.29) is 0 Å². The molecule has 2 rings (SSSR count). The van der Waals surface area contributed by atoms with Crippen molar-refractivity contribution in [3.63, 3.8) is 0 Å². The summed E-state index contributed by atoms with van der Waals surface area (Å²) in [5.41, 5.74) is 1.18. The molecule has 3 heteroatoms. The monoisotopic (exact) mass is 242 g/mol. The first-order valence-corrected chi connectivity index (χ1v) is 6.19. The highest BCUT2D eigenvalue weighted by Gasteiger charge is 1.97. The quantitative estimate of drug-likeness (QED) is 0.789. The Bertz CT molecular complexity index is 471. The molecular weight excluding hydrogens is 224 g/mol. The number of aryl methyl sites for hydroxylation is 1. The largest absolute Gasteiger partial charge is 0.493 e. The number of hydrogen-bond donors (Lipinski definition) is 1. The van der Waals surface area contributed by atoms with E-state index in [0.717, 1.165) is 24.5 Å². The average molecular weight is 242 g/mol. The first-order chi connectivity index (χ1) is 8.86. The Labute approximate surface area is 108 Å². The normalized spacial score (nSPS) is 10.1. The van der Waals surface area contributed by atoms with Gasteiger partial charge >= 0.3 is 0 Å². The van der Waals surface area contributed by atoms with Gasteiger partial charge in [-0.2, -0.15) is 0 Å². The van der Waals surface area contributed by atoms with Crippen molar-refractivity contribution in [1.29, 1.82) is 0 Å². The fraction of sp³-hybridized carbons (Fsp3) is 0.267. The number of para-hydroxylation sites is 1. The molecule has 3 nitrogen and oxygen atoms in total. The summed E-state index contributed by atoms with van der Waals surface area (Å²) in [7, 11) is 0. The SMILES string of the molecule is Cc1ccccc1OCCCNc1ccccn1. The Kier molecular flexibility index (Phi) is 4.59. The van der Waals surface area contributed by atoms with Crippen LogP contribution in [-0.2, 0) is 0 Å². The lowest BCUT2D eigenvalue weighted by molar-refractivity contribution is 0.313. The molecule has 0 spiro atoms. The zero-order valence-corrected chi connectivity index (χ0v) is 10.6. The Morgan fingerprint density at radius 3 is 2.72 bits per heavy atom. The van der Waals surface area contributed by atoms with Crippen molar-refractivity contribution in [2.75, 3.05) is 18.5 Å². The molecule has 1 heterocycles. The van der Waals surface area contributed by atoms with E-state index >= 15 is 0 Å². The standard InChI is InChI=1S/C15H18N2O/c1-13-7-2-3-8-14(13)18-12-6-11-17-15-9-4-5-10-16-15/h2-5,7-10H,6,11-12H2,1H3,(H,16,17). The smallest absolute Gasteiger partial charge is 0.125 e. The zero-order chi connectivity index (χ0) is 12.6. The van der Waals surface area contributed by atoms with Gasteiger partial charge < -0.3 is 10.1 Å². The highest BCUT2D eigenvalue weighted by Crippen LogP contribution is 2.16. The minimum atomic E-state index is 0.713. The highest BCUT2D eigenvalue weighted by molar-refractivity contribution is 5.33. The van der Waals surface area contributed by atoms with Crippen LogP contribution in [0.5, 0.6) is 5.75 Å². The van der Waals surface area contributed by atoms with Gasteiger partial charge in [-0.1, -0.05) is 24.3 Å². The van der Waals surface area contributed by atoms with Crippen LogP contribution in [0.1, 0.15) is 12.0 Å². The number of aromatic nitrogens is 1. The molecule has 0 bridgehead atoms. The third-order valence-electron chi connectivity index (χ3n) is 2.64. The summed E-state index contributed by atoms with van der Waals surface area (Å²) in [5, 5.41) is 3.25. The Morgan fingerprint density at radius 2 is 1.94 bits per heavy atom. The second kappa shape index (κ2) is 6.64. The van der Waals surface area contributed by atoms with Crippen molar-refractivity contribution in [2.45, 2.75) is 13.3 Å². The lowest BCUT2D eigenvalue weighted by Gasteiger charge is -2.09. The van der Waals surface area contributed by atoms with Gasteiger partial charge in [-0.15, -0.1) is 0 Å². The Hall–Kier alpha value is -2.03. The maximum Gasteiger partial charge on any atom is 0.125 e. The molecule has 18 heavy (non-hydrogen) atoms. The van der Waals surface area contributed by atoms with Gasteiger partial charge in [0.1, 0.15) is 11.6 Å². The lowest BCUT2D eigenvalue weighted by atomic mass is 10.2. The van der Waals surface area contributed by atoms with Crippen LogP contribution in [0, 0.1) is 6.92 Å². The van der Waals surface area contributed by atoms with Crippen LogP contribution >= 0.6 is 0 Å². The summed E-state index contributed by atoms with van der Waals surface area (Å²) in [6, 6.07) is 13.9. The molecule has 1 aromatic heterocycles. The van der Waals surface area contributed by atoms with Crippen LogP contribution in [-0.4, -0.2) is 18.1 Å². The number of rotatable bonds is 6. The average Bonchev–Trinajstić information content (AvgIpc) is 2.42. The molecule has 0 unspecified atom stereocenters. The van der Waals surface area contributed by atoms with Gasteiger partial charge in [-0.25, -0.2) is 4.98 Å². The molecule has 0 aliphatic rings. The molecule has 2 aromatic rings. The molecule has 0 saturated carbocycles. The first-order valence-electron chi connectivity index (χ1n) is 6.19. The third-order valence-corrected chi connectivity index (χ3v) is 2.64. The summed E-state index contributed by atoms with van der Waals surface area (Å²) >= 11 is 0. The molecule has 1 N–H and O–H groups in total. The molecule has 0 fully saturated rings. The van der Waals surface area contributed by atoms with Gasteiger partial charge in [-0.05, 0) is 37.1 Å².